The van der Waals surface area contributed by atoms with Crippen LogP contribution in [0.15, 0.2) is 167 Å². The summed E-state index contributed by atoms with van der Waals surface area (Å²) >= 11 is 0. The highest BCUT2D eigenvalue weighted by Gasteiger charge is 2.19. The van der Waals surface area contributed by atoms with E-state index >= 15 is 0 Å². The fourth-order valence-electron chi connectivity index (χ4n) is 7.47. The third-order valence-corrected chi connectivity index (χ3v) is 9.86. The Kier molecular flexibility index (Phi) is 5.86. The molecule has 0 spiro atoms. The van der Waals surface area contributed by atoms with Gasteiger partial charge in [-0.25, -0.2) is 15.0 Å². The molecule has 0 fully saturated rings. The molecule has 11 aromatic rings. The van der Waals surface area contributed by atoms with E-state index in [-0.39, 0.29) is 0 Å². The van der Waals surface area contributed by atoms with Crippen LogP contribution in [0, 0.1) is 0 Å². The predicted octanol–water partition coefficient (Wildman–Crippen LogP) is 11.8. The van der Waals surface area contributed by atoms with Gasteiger partial charge in [0.15, 0.2) is 28.6 Å². The van der Waals surface area contributed by atoms with E-state index in [0.717, 1.165) is 77.3 Å². The molecule has 0 atom stereocenters. The molecule has 4 heterocycles. The summed E-state index contributed by atoms with van der Waals surface area (Å²) in [6, 6.07) is 54.0. The molecule has 0 amide bonds. The fourth-order valence-corrected chi connectivity index (χ4v) is 7.47. The van der Waals surface area contributed by atoms with Crippen molar-refractivity contribution in [1.82, 2.24) is 19.5 Å². The van der Waals surface area contributed by atoms with Crippen LogP contribution >= 0.6 is 0 Å². The van der Waals surface area contributed by atoms with Crippen molar-refractivity contribution >= 4 is 65.7 Å². The lowest BCUT2D eigenvalue weighted by Gasteiger charge is -2.08. The van der Waals surface area contributed by atoms with Crippen LogP contribution in [0.4, 0.5) is 0 Å². The Morgan fingerprint density at radius 3 is 1.37 bits per heavy atom. The lowest BCUT2D eigenvalue weighted by molar-refractivity contribution is 0.633. The molecular weight excluding hydrogens is 629 g/mol. The molecule has 4 aromatic heterocycles. The monoisotopic (exact) mass is 654 g/mol. The topological polar surface area (TPSA) is 69.9 Å². The van der Waals surface area contributed by atoms with E-state index in [0.29, 0.717) is 17.5 Å². The van der Waals surface area contributed by atoms with Gasteiger partial charge in [0.2, 0.25) is 0 Å². The number of rotatable bonds is 4. The lowest BCUT2D eigenvalue weighted by Crippen LogP contribution is -2.00. The van der Waals surface area contributed by atoms with Gasteiger partial charge in [0.05, 0.1) is 11.0 Å². The van der Waals surface area contributed by atoms with Gasteiger partial charge in [-0.2, -0.15) is 0 Å². The Balaban J connectivity index is 1.07. The number of nitrogens with zero attached hydrogens (tertiary/aromatic N) is 4. The third-order valence-electron chi connectivity index (χ3n) is 9.86. The van der Waals surface area contributed by atoms with Gasteiger partial charge < -0.3 is 13.4 Å². The van der Waals surface area contributed by atoms with Gasteiger partial charge in [-0.05, 0) is 48.5 Å². The van der Waals surface area contributed by atoms with Gasteiger partial charge in [0.1, 0.15) is 11.2 Å². The molecule has 7 aromatic carbocycles. The van der Waals surface area contributed by atoms with E-state index in [4.69, 9.17) is 23.8 Å². The minimum Gasteiger partial charge on any atom is -0.452 e. The fraction of sp³-hybridized carbons (Fsp3) is 0. The predicted molar refractivity (Wildman–Crippen MR) is 205 cm³/mol. The Morgan fingerprint density at radius 1 is 0.353 bits per heavy atom. The van der Waals surface area contributed by atoms with Crippen LogP contribution in [0.25, 0.3) is 106 Å². The molecule has 0 aliphatic rings. The molecule has 238 valence electrons. The van der Waals surface area contributed by atoms with Crippen LogP contribution in [-0.4, -0.2) is 19.5 Å². The second-order valence-electron chi connectivity index (χ2n) is 12.8. The summed E-state index contributed by atoms with van der Waals surface area (Å²) in [6.45, 7) is 0. The maximum absolute atomic E-state index is 6.66. The second kappa shape index (κ2) is 10.7. The second-order valence-corrected chi connectivity index (χ2v) is 12.8. The van der Waals surface area contributed by atoms with Crippen molar-refractivity contribution in [1.29, 1.82) is 0 Å². The van der Waals surface area contributed by atoms with Crippen molar-refractivity contribution in [2.75, 3.05) is 0 Å². The average Bonchev–Trinajstić information content (AvgIpc) is 3.87. The summed E-state index contributed by atoms with van der Waals surface area (Å²) < 4.78 is 15.6. The summed E-state index contributed by atoms with van der Waals surface area (Å²) in [7, 11) is 0. The molecule has 0 N–H and O–H groups in total. The van der Waals surface area contributed by atoms with Gasteiger partial charge >= 0.3 is 0 Å². The molecular formula is C45H26N4O2. The highest BCUT2D eigenvalue weighted by Crippen LogP contribution is 2.41. The maximum atomic E-state index is 6.66. The number of para-hydroxylation sites is 2. The van der Waals surface area contributed by atoms with Crippen LogP contribution in [-0.2, 0) is 0 Å². The van der Waals surface area contributed by atoms with E-state index in [1.807, 2.05) is 66.7 Å². The van der Waals surface area contributed by atoms with Crippen molar-refractivity contribution in [2.45, 2.75) is 0 Å². The van der Waals surface area contributed by atoms with E-state index in [9.17, 15) is 0 Å². The SMILES string of the molecule is c1ccc(-c2nc(-c3ccccc3)nc(-c3ccc4c(c3)oc3c4ccc4c5ccc(-n6c7ccccc7c7ccccc76)cc5oc43)n2)cc1. The van der Waals surface area contributed by atoms with E-state index in [1.165, 1.54) is 10.8 Å². The van der Waals surface area contributed by atoms with Gasteiger partial charge in [-0.15, -0.1) is 0 Å². The zero-order valence-corrected chi connectivity index (χ0v) is 27.1. The lowest BCUT2D eigenvalue weighted by atomic mass is 10.1. The molecule has 0 bridgehead atoms. The molecule has 0 radical (unpaired) electrons. The number of aromatic nitrogens is 4. The quantitative estimate of drug-likeness (QED) is 0.189. The summed E-state index contributed by atoms with van der Waals surface area (Å²) in [6.07, 6.45) is 0. The highest BCUT2D eigenvalue weighted by molar-refractivity contribution is 6.19. The smallest absolute Gasteiger partial charge is 0.178 e. The normalized spacial score (nSPS) is 11.9. The minimum atomic E-state index is 0.580. The summed E-state index contributed by atoms with van der Waals surface area (Å²) in [5.74, 6) is 1.82. The molecule has 0 saturated heterocycles. The third kappa shape index (κ3) is 4.26. The van der Waals surface area contributed by atoms with Gasteiger partial charge in [-0.3, -0.25) is 0 Å². The van der Waals surface area contributed by atoms with Crippen molar-refractivity contribution in [3.63, 3.8) is 0 Å². The zero-order valence-electron chi connectivity index (χ0n) is 27.1. The van der Waals surface area contributed by atoms with Crippen molar-refractivity contribution in [3.8, 4) is 39.9 Å². The van der Waals surface area contributed by atoms with Crippen LogP contribution in [0.5, 0.6) is 0 Å². The van der Waals surface area contributed by atoms with Crippen LogP contribution in [0.3, 0.4) is 0 Å². The number of fused-ring (bicyclic) bond motifs is 10. The summed E-state index contributed by atoms with van der Waals surface area (Å²) in [5.41, 5.74) is 9.07. The van der Waals surface area contributed by atoms with Crippen LogP contribution in [0.2, 0.25) is 0 Å². The number of benzene rings is 7. The summed E-state index contributed by atoms with van der Waals surface area (Å²) in [4.78, 5) is 14.7. The molecule has 51 heavy (non-hydrogen) atoms. The molecule has 6 nitrogen and oxygen atoms in total. The Hall–Kier alpha value is -7.05. The first-order valence-corrected chi connectivity index (χ1v) is 16.9. The molecule has 0 unspecified atom stereocenters. The average molecular weight is 655 g/mol. The Bertz CT molecular complexity index is 3030. The molecule has 0 saturated carbocycles. The van der Waals surface area contributed by atoms with Crippen molar-refractivity contribution < 1.29 is 8.83 Å². The Morgan fingerprint density at radius 2 is 0.804 bits per heavy atom. The van der Waals surface area contributed by atoms with Gasteiger partial charge in [-0.1, -0.05) is 103 Å². The highest BCUT2D eigenvalue weighted by atomic mass is 16.4. The van der Waals surface area contributed by atoms with Crippen LogP contribution < -0.4 is 0 Å². The van der Waals surface area contributed by atoms with E-state index in [2.05, 4.69) is 95.6 Å². The number of hydrogen-bond acceptors (Lipinski definition) is 5. The molecule has 11 rings (SSSR count). The number of furan rings is 2. The summed E-state index contributed by atoms with van der Waals surface area (Å²) in [5, 5.41) is 6.52. The first kappa shape index (κ1) is 27.9. The van der Waals surface area contributed by atoms with Crippen LogP contribution in [0.1, 0.15) is 0 Å². The maximum Gasteiger partial charge on any atom is 0.178 e. The van der Waals surface area contributed by atoms with Gasteiger partial charge in [0.25, 0.3) is 0 Å². The van der Waals surface area contributed by atoms with E-state index < -0.39 is 0 Å². The molecule has 6 heteroatoms. The molecule has 0 aliphatic heterocycles. The molecule has 0 aliphatic carbocycles. The van der Waals surface area contributed by atoms with Gasteiger partial charge in [0, 0.05) is 60.8 Å². The van der Waals surface area contributed by atoms with E-state index in [1.54, 1.807) is 0 Å². The standard InChI is InChI=1S/C45H26N4O2/c1-3-11-27(12-4-1)43-46-44(28-13-5-2-6-14-28)48-45(47-43)29-19-21-33-35-23-24-36-34-22-20-30(26-40(34)51-42(36)41(35)50-39(33)25-29)49-37-17-9-7-15-31(37)32-16-8-10-18-38(32)49/h1-26H. The minimum absolute atomic E-state index is 0.580. The zero-order chi connectivity index (χ0) is 33.5. The Labute approximate surface area is 290 Å². The van der Waals surface area contributed by atoms with Crippen molar-refractivity contribution in [2.24, 2.45) is 0 Å². The largest absolute Gasteiger partial charge is 0.452 e. The first-order chi connectivity index (χ1) is 25.3. The number of hydrogen-bond donors (Lipinski definition) is 0. The first-order valence-electron chi connectivity index (χ1n) is 16.9. The van der Waals surface area contributed by atoms with Crippen molar-refractivity contribution in [3.05, 3.63) is 158 Å².